The van der Waals surface area contributed by atoms with E-state index in [-0.39, 0.29) is 17.7 Å². The Hall–Kier alpha value is -1.89. The molecule has 0 radical (unpaired) electrons. The maximum Gasteiger partial charge on any atom is 0.329 e. The van der Waals surface area contributed by atoms with Crippen LogP contribution in [0.15, 0.2) is 10.6 Å². The highest BCUT2D eigenvalue weighted by Crippen LogP contribution is 2.23. The molecule has 0 bridgehead atoms. The van der Waals surface area contributed by atoms with Crippen LogP contribution in [0, 0.1) is 0 Å². The fourth-order valence-corrected chi connectivity index (χ4v) is 1.79. The molecule has 2 rings (SSSR count). The second-order valence-corrected chi connectivity index (χ2v) is 5.65. The van der Waals surface area contributed by atoms with Crippen molar-refractivity contribution >= 4 is 11.9 Å². The summed E-state index contributed by atoms with van der Waals surface area (Å²) in [5, 5.41) is 13.5. The van der Waals surface area contributed by atoms with E-state index < -0.39 is 18.2 Å². The number of aromatic nitrogens is 1. The van der Waals surface area contributed by atoms with Gasteiger partial charge in [-0.05, 0) is 0 Å². The van der Waals surface area contributed by atoms with E-state index in [9.17, 15) is 14.7 Å². The molecule has 2 heterocycles. The Kier molecular flexibility index (Phi) is 3.09. The van der Waals surface area contributed by atoms with Crippen molar-refractivity contribution in [1.29, 1.82) is 0 Å². The molecule has 3 amide bonds. The quantitative estimate of drug-likeness (QED) is 0.813. The first-order valence-electron chi connectivity index (χ1n) is 5.95. The molecule has 0 aromatic carbocycles. The third-order valence-corrected chi connectivity index (χ3v) is 2.98. The van der Waals surface area contributed by atoms with Gasteiger partial charge < -0.3 is 14.5 Å². The van der Waals surface area contributed by atoms with Crippen LogP contribution in [-0.4, -0.2) is 51.8 Å². The zero-order chi connectivity index (χ0) is 14.4. The van der Waals surface area contributed by atoms with Crippen LogP contribution < -0.4 is 0 Å². The molecule has 19 heavy (non-hydrogen) atoms. The van der Waals surface area contributed by atoms with Gasteiger partial charge in [0, 0.05) is 18.5 Å². The first-order chi connectivity index (χ1) is 8.71. The van der Waals surface area contributed by atoms with Crippen molar-refractivity contribution in [3.8, 4) is 0 Å². The lowest BCUT2D eigenvalue weighted by molar-refractivity contribution is 0.0407. The summed E-state index contributed by atoms with van der Waals surface area (Å²) in [4.78, 5) is 25.9. The zero-order valence-electron chi connectivity index (χ0n) is 11.4. The molecule has 1 unspecified atom stereocenters. The number of β-amino-alcohol motifs (C(OH)–C–C–N with tert-alkyl or cyclic N) is 1. The van der Waals surface area contributed by atoms with Crippen molar-refractivity contribution in [1.82, 2.24) is 15.0 Å². The van der Waals surface area contributed by atoms with Crippen molar-refractivity contribution in [2.45, 2.75) is 32.4 Å². The monoisotopic (exact) mass is 267 g/mol. The van der Waals surface area contributed by atoms with Crippen molar-refractivity contribution < 1.29 is 19.2 Å². The van der Waals surface area contributed by atoms with Crippen LogP contribution in [-0.2, 0) is 5.41 Å². The zero-order valence-corrected chi connectivity index (χ0v) is 11.4. The summed E-state index contributed by atoms with van der Waals surface area (Å²) in [6, 6.07) is 0.951. The molecule has 1 aliphatic rings. The number of imide groups is 1. The fraction of sp³-hybridized carbons (Fsp3) is 0.583. The molecule has 1 aromatic rings. The lowest BCUT2D eigenvalue weighted by Crippen LogP contribution is -2.39. The van der Waals surface area contributed by atoms with Gasteiger partial charge in [0.1, 0.15) is 0 Å². The number of nitrogens with zero attached hydrogens (tertiary/aromatic N) is 3. The van der Waals surface area contributed by atoms with Gasteiger partial charge in [-0.2, -0.15) is 0 Å². The van der Waals surface area contributed by atoms with Crippen LogP contribution in [0.5, 0.6) is 0 Å². The van der Waals surface area contributed by atoms with Crippen molar-refractivity contribution in [2.24, 2.45) is 0 Å². The summed E-state index contributed by atoms with van der Waals surface area (Å²) in [5.41, 5.74) is 0.359. The molecule has 1 saturated heterocycles. The number of aliphatic hydroxyl groups excluding tert-OH is 1. The first-order valence-corrected chi connectivity index (χ1v) is 5.95. The lowest BCUT2D eigenvalue weighted by Gasteiger charge is -2.15. The van der Waals surface area contributed by atoms with E-state index in [4.69, 9.17) is 4.52 Å². The average molecular weight is 267 g/mol. The van der Waals surface area contributed by atoms with E-state index in [2.05, 4.69) is 5.16 Å². The van der Waals surface area contributed by atoms with Crippen LogP contribution in [0.3, 0.4) is 0 Å². The van der Waals surface area contributed by atoms with Crippen LogP contribution in [0.2, 0.25) is 0 Å². The van der Waals surface area contributed by atoms with E-state index in [1.807, 2.05) is 20.8 Å². The molecule has 1 N–H and O–H groups in total. The summed E-state index contributed by atoms with van der Waals surface area (Å²) in [6.07, 6.45) is -1.16. The summed E-state index contributed by atoms with van der Waals surface area (Å²) in [5.74, 6) is -0.725. The van der Waals surface area contributed by atoms with Gasteiger partial charge in [0.25, 0.3) is 0 Å². The molecule has 104 valence electrons. The number of hydrogen-bond acceptors (Lipinski definition) is 5. The van der Waals surface area contributed by atoms with E-state index in [1.54, 1.807) is 0 Å². The highest BCUT2D eigenvalue weighted by Gasteiger charge is 2.40. The van der Waals surface area contributed by atoms with Crippen molar-refractivity contribution in [3.05, 3.63) is 17.5 Å². The number of urea groups is 1. The van der Waals surface area contributed by atoms with Gasteiger partial charge in [-0.15, -0.1) is 0 Å². The standard InChI is InChI=1S/C12H17N3O4/c1-12(2,3)8-5-7(19-13-8)10(17)15-9(16)6-14(4)11(15)18/h5,9,16H,6H2,1-4H3. The van der Waals surface area contributed by atoms with E-state index >= 15 is 0 Å². The SMILES string of the molecule is CN1CC(O)N(C(=O)c2cc(C(C)(C)C)no2)C1=O. The normalized spacial score (nSPS) is 20.3. The minimum atomic E-state index is -1.16. The number of carbonyl (C=O) groups is 2. The Balaban J connectivity index is 2.25. The molecule has 1 atom stereocenters. The number of rotatable bonds is 1. The first kappa shape index (κ1) is 13.5. The van der Waals surface area contributed by atoms with Crippen molar-refractivity contribution in [3.63, 3.8) is 0 Å². The van der Waals surface area contributed by atoms with Gasteiger partial charge in [-0.25, -0.2) is 9.69 Å². The predicted octanol–water partition coefficient (Wildman–Crippen LogP) is 0.798. The molecule has 7 nitrogen and oxygen atoms in total. The van der Waals surface area contributed by atoms with Gasteiger partial charge in [0.15, 0.2) is 6.23 Å². The van der Waals surface area contributed by atoms with Gasteiger partial charge in [0.05, 0.1) is 12.2 Å². The van der Waals surface area contributed by atoms with E-state index in [1.165, 1.54) is 18.0 Å². The molecule has 0 saturated carbocycles. The molecule has 7 heteroatoms. The number of aliphatic hydroxyl groups is 1. The van der Waals surface area contributed by atoms with Crippen LogP contribution >= 0.6 is 0 Å². The van der Waals surface area contributed by atoms with E-state index in [0.717, 1.165) is 4.90 Å². The number of carbonyl (C=O) groups excluding carboxylic acids is 2. The largest absolute Gasteiger partial charge is 0.371 e. The molecule has 1 aliphatic heterocycles. The summed E-state index contributed by atoms with van der Waals surface area (Å²) < 4.78 is 4.97. The van der Waals surface area contributed by atoms with Gasteiger partial charge >= 0.3 is 11.9 Å². The van der Waals surface area contributed by atoms with Crippen LogP contribution in [0.25, 0.3) is 0 Å². The second-order valence-electron chi connectivity index (χ2n) is 5.65. The Labute approximate surface area is 110 Å². The molecule has 1 aromatic heterocycles. The molecule has 0 aliphatic carbocycles. The molecule has 0 spiro atoms. The highest BCUT2D eigenvalue weighted by molar-refractivity contribution is 6.03. The summed E-state index contributed by atoms with van der Waals surface area (Å²) in [7, 11) is 1.51. The van der Waals surface area contributed by atoms with Gasteiger partial charge in [-0.3, -0.25) is 4.79 Å². The maximum absolute atomic E-state index is 12.1. The summed E-state index contributed by atoms with van der Waals surface area (Å²) in [6.45, 7) is 5.89. The third kappa shape index (κ3) is 2.33. The third-order valence-electron chi connectivity index (χ3n) is 2.98. The molecule has 1 fully saturated rings. The lowest BCUT2D eigenvalue weighted by atomic mass is 9.92. The van der Waals surface area contributed by atoms with Gasteiger partial charge in [0.2, 0.25) is 5.76 Å². The van der Waals surface area contributed by atoms with Crippen LogP contribution in [0.4, 0.5) is 4.79 Å². The van der Waals surface area contributed by atoms with Crippen molar-refractivity contribution in [2.75, 3.05) is 13.6 Å². The molecular formula is C12H17N3O4. The second kappa shape index (κ2) is 4.34. The highest BCUT2D eigenvalue weighted by atomic mass is 16.5. The number of hydrogen-bond donors (Lipinski definition) is 1. The Morgan fingerprint density at radius 1 is 1.53 bits per heavy atom. The summed E-state index contributed by atoms with van der Waals surface area (Å²) >= 11 is 0. The average Bonchev–Trinajstić information content (AvgIpc) is 2.84. The van der Waals surface area contributed by atoms with E-state index in [0.29, 0.717) is 5.69 Å². The minimum Gasteiger partial charge on any atom is -0.371 e. The predicted molar refractivity (Wildman–Crippen MR) is 65.4 cm³/mol. The maximum atomic E-state index is 12.1. The number of amides is 3. The molecular weight excluding hydrogens is 250 g/mol. The Morgan fingerprint density at radius 2 is 2.16 bits per heavy atom. The minimum absolute atomic E-state index is 0.0485. The number of likely N-dealkylation sites (N-methyl/N-ethyl adjacent to an activating group) is 1. The van der Waals surface area contributed by atoms with Gasteiger partial charge in [-0.1, -0.05) is 25.9 Å². The Bertz CT molecular complexity index is 517. The topological polar surface area (TPSA) is 86.9 Å². The Morgan fingerprint density at radius 3 is 2.58 bits per heavy atom. The smallest absolute Gasteiger partial charge is 0.329 e. The fourth-order valence-electron chi connectivity index (χ4n) is 1.79. The van der Waals surface area contributed by atoms with Crippen LogP contribution in [0.1, 0.15) is 37.0 Å².